The van der Waals surface area contributed by atoms with Crippen LogP contribution in [0.2, 0.25) is 0 Å². The lowest BCUT2D eigenvalue weighted by Gasteiger charge is -2.28. The van der Waals surface area contributed by atoms with Crippen LogP contribution in [0.3, 0.4) is 0 Å². The highest BCUT2D eigenvalue weighted by Crippen LogP contribution is 2.40. The zero-order chi connectivity index (χ0) is 23.7. The topological polar surface area (TPSA) is 35.3 Å². The number of hydrogen-bond acceptors (Lipinski definition) is 4. The molecule has 0 aliphatic heterocycles. The quantitative estimate of drug-likeness (QED) is 0.396. The molecule has 5 nitrogen and oxygen atoms in total. The molecule has 0 fully saturated rings. The maximum Gasteiger partial charge on any atom is 0.259 e. The van der Waals surface area contributed by atoms with Gasteiger partial charge in [0.2, 0.25) is 0 Å². The van der Waals surface area contributed by atoms with E-state index < -0.39 is 5.54 Å². The van der Waals surface area contributed by atoms with Gasteiger partial charge < -0.3 is 24.0 Å². The van der Waals surface area contributed by atoms with Crippen LogP contribution in [0.15, 0.2) is 36.4 Å². The molecular formula is C27H38N2O3. The fourth-order valence-corrected chi connectivity index (χ4v) is 4.19. The van der Waals surface area contributed by atoms with Gasteiger partial charge in [0.25, 0.3) is 5.54 Å². The molecule has 0 amide bonds. The number of methoxy groups -OCH3 is 3. The monoisotopic (exact) mass is 438 g/mol. The van der Waals surface area contributed by atoms with Gasteiger partial charge in [-0.3, -0.25) is 0 Å². The minimum Gasteiger partial charge on any atom is -0.496 e. The van der Waals surface area contributed by atoms with E-state index in [1.807, 2.05) is 25.1 Å². The lowest BCUT2D eigenvalue weighted by Crippen LogP contribution is -2.31. The van der Waals surface area contributed by atoms with Crippen LogP contribution in [0.5, 0.6) is 17.2 Å². The lowest BCUT2D eigenvalue weighted by molar-refractivity contribution is 0.287. The Hall–Kier alpha value is -2.71. The molecule has 0 aliphatic carbocycles. The van der Waals surface area contributed by atoms with Crippen LogP contribution in [0.25, 0.3) is 4.85 Å². The van der Waals surface area contributed by atoms with Crippen LogP contribution in [-0.2, 0) is 12.0 Å². The zero-order valence-electron chi connectivity index (χ0n) is 20.7. The Bertz CT molecular complexity index is 920. The van der Waals surface area contributed by atoms with E-state index in [4.69, 9.17) is 20.8 Å². The summed E-state index contributed by atoms with van der Waals surface area (Å²) in [5, 5.41) is 0. The summed E-state index contributed by atoms with van der Waals surface area (Å²) in [6.07, 6.45) is 2.71. The van der Waals surface area contributed by atoms with Gasteiger partial charge >= 0.3 is 0 Å². The summed E-state index contributed by atoms with van der Waals surface area (Å²) in [4.78, 5) is 6.51. The average Bonchev–Trinajstić information content (AvgIpc) is 2.80. The summed E-state index contributed by atoms with van der Waals surface area (Å²) in [5.41, 5.74) is 2.83. The molecule has 2 rings (SSSR count). The minimum absolute atomic E-state index is 0.212. The van der Waals surface area contributed by atoms with E-state index in [9.17, 15) is 0 Å². The molecule has 2 aromatic carbocycles. The average molecular weight is 439 g/mol. The summed E-state index contributed by atoms with van der Waals surface area (Å²) >= 11 is 0. The molecule has 0 spiro atoms. The molecule has 0 radical (unpaired) electrons. The van der Waals surface area contributed by atoms with Gasteiger partial charge in [-0.25, -0.2) is 6.57 Å². The Morgan fingerprint density at radius 2 is 1.62 bits per heavy atom. The molecule has 1 atom stereocenters. The van der Waals surface area contributed by atoms with Gasteiger partial charge in [0, 0.05) is 24.4 Å². The van der Waals surface area contributed by atoms with Crippen molar-refractivity contribution in [2.75, 3.05) is 41.5 Å². The molecular weight excluding hydrogens is 400 g/mol. The minimum atomic E-state index is -0.537. The normalized spacial score (nSPS) is 13.0. The number of benzene rings is 2. The third-order valence-corrected chi connectivity index (χ3v) is 6.39. The first-order chi connectivity index (χ1) is 15.3. The number of aryl methyl sites for hydroxylation is 1. The summed E-state index contributed by atoms with van der Waals surface area (Å²) in [5.74, 6) is 2.58. The maximum absolute atomic E-state index is 8.06. The van der Waals surface area contributed by atoms with Gasteiger partial charge in [-0.05, 0) is 62.7 Å². The smallest absolute Gasteiger partial charge is 0.259 e. The summed E-state index contributed by atoms with van der Waals surface area (Å²) in [7, 11) is 7.15. The molecule has 0 heterocycles. The van der Waals surface area contributed by atoms with Crippen molar-refractivity contribution >= 4 is 0 Å². The van der Waals surface area contributed by atoms with Crippen molar-refractivity contribution in [2.24, 2.45) is 5.92 Å². The fourth-order valence-electron chi connectivity index (χ4n) is 4.19. The molecule has 1 unspecified atom stereocenters. The van der Waals surface area contributed by atoms with E-state index in [1.165, 1.54) is 5.56 Å². The number of ether oxygens (including phenoxy) is 3. The zero-order valence-corrected chi connectivity index (χ0v) is 20.7. The predicted molar refractivity (Wildman–Crippen MR) is 131 cm³/mol. The molecule has 0 bridgehead atoms. The first-order valence-electron chi connectivity index (χ1n) is 11.2. The largest absolute Gasteiger partial charge is 0.496 e. The second kappa shape index (κ2) is 11.8. The third-order valence-electron chi connectivity index (χ3n) is 6.39. The van der Waals surface area contributed by atoms with Crippen molar-refractivity contribution in [1.29, 1.82) is 0 Å². The number of rotatable bonds is 12. The Labute approximate surface area is 194 Å². The number of likely N-dealkylation sites (N-methyl/N-ethyl adjacent to an activating group) is 1. The highest BCUT2D eigenvalue weighted by Gasteiger charge is 2.42. The molecule has 0 saturated carbocycles. The molecule has 0 aromatic heterocycles. The van der Waals surface area contributed by atoms with Gasteiger partial charge in [0.1, 0.15) is 5.75 Å². The van der Waals surface area contributed by atoms with Crippen LogP contribution < -0.4 is 14.2 Å². The van der Waals surface area contributed by atoms with E-state index in [-0.39, 0.29) is 5.92 Å². The fraction of sp³-hybridized carbons (Fsp3) is 0.519. The lowest BCUT2D eigenvalue weighted by atomic mass is 9.76. The van der Waals surface area contributed by atoms with Crippen LogP contribution >= 0.6 is 0 Å². The Kier molecular flexibility index (Phi) is 9.41. The second-order valence-corrected chi connectivity index (χ2v) is 8.72. The summed E-state index contributed by atoms with van der Waals surface area (Å²) in [6, 6.07) is 12.3. The number of nitrogens with zero attached hydrogens (tertiary/aromatic N) is 2. The van der Waals surface area contributed by atoms with E-state index in [0.29, 0.717) is 0 Å². The van der Waals surface area contributed by atoms with Crippen LogP contribution in [-0.4, -0.2) is 46.4 Å². The van der Waals surface area contributed by atoms with Gasteiger partial charge in [-0.2, -0.15) is 0 Å². The van der Waals surface area contributed by atoms with Crippen molar-refractivity contribution in [3.05, 3.63) is 64.5 Å². The molecule has 2 aromatic rings. The Balaban J connectivity index is 2.00. The van der Waals surface area contributed by atoms with Gasteiger partial charge in [0.05, 0.1) is 21.3 Å². The van der Waals surface area contributed by atoms with Crippen LogP contribution in [0.1, 0.15) is 43.4 Å². The van der Waals surface area contributed by atoms with Crippen molar-refractivity contribution in [1.82, 2.24) is 4.90 Å². The summed E-state index contributed by atoms with van der Waals surface area (Å²) < 4.78 is 16.3. The first-order valence-corrected chi connectivity index (χ1v) is 11.2. The van der Waals surface area contributed by atoms with E-state index >= 15 is 0 Å². The summed E-state index contributed by atoms with van der Waals surface area (Å²) in [6.45, 7) is 16.3. The molecule has 0 aliphatic rings. The third kappa shape index (κ3) is 5.95. The van der Waals surface area contributed by atoms with Crippen LogP contribution in [0, 0.1) is 19.4 Å². The SMILES string of the molecule is [C-]#[N+]C(CCCN(C)CCc1ccc(OC)c(OC)c1)(c1ccc(C)c(OC)c1)C(C)C. The van der Waals surface area contributed by atoms with E-state index in [0.717, 1.165) is 60.7 Å². The first kappa shape index (κ1) is 25.5. The molecule has 5 heteroatoms. The van der Waals surface area contributed by atoms with E-state index in [2.05, 4.69) is 48.8 Å². The van der Waals surface area contributed by atoms with Crippen molar-refractivity contribution in [3.8, 4) is 17.2 Å². The van der Waals surface area contributed by atoms with Crippen molar-refractivity contribution in [2.45, 2.75) is 45.6 Å². The Morgan fingerprint density at radius 3 is 2.22 bits per heavy atom. The van der Waals surface area contributed by atoms with Crippen molar-refractivity contribution < 1.29 is 14.2 Å². The van der Waals surface area contributed by atoms with Gasteiger partial charge in [-0.15, -0.1) is 0 Å². The number of hydrogen-bond donors (Lipinski definition) is 0. The highest BCUT2D eigenvalue weighted by molar-refractivity contribution is 5.43. The highest BCUT2D eigenvalue weighted by atomic mass is 16.5. The van der Waals surface area contributed by atoms with Gasteiger partial charge in [0.15, 0.2) is 11.5 Å². The van der Waals surface area contributed by atoms with Gasteiger partial charge in [-0.1, -0.05) is 32.0 Å². The maximum atomic E-state index is 8.06. The van der Waals surface area contributed by atoms with Crippen molar-refractivity contribution in [3.63, 3.8) is 0 Å². The molecule has 174 valence electrons. The second-order valence-electron chi connectivity index (χ2n) is 8.72. The van der Waals surface area contributed by atoms with Crippen LogP contribution in [0.4, 0.5) is 0 Å². The molecule has 0 saturated heterocycles. The predicted octanol–water partition coefficient (Wildman–Crippen LogP) is 5.75. The Morgan fingerprint density at radius 1 is 0.938 bits per heavy atom. The standard InChI is InChI=1S/C27H38N2O3/c1-20(2)27(28-4,23-12-10-21(3)25(19-23)31-7)15-9-16-29(5)17-14-22-11-13-24(30-6)26(18-22)32-8/h10-13,18-20H,9,14-17H2,1-3,5-8H3. The molecule has 0 N–H and O–H groups in total. The van der Waals surface area contributed by atoms with E-state index in [1.54, 1.807) is 21.3 Å². The molecule has 32 heavy (non-hydrogen) atoms.